The predicted molar refractivity (Wildman–Crippen MR) is 158 cm³/mol. The minimum atomic E-state index is -4.58. The molecule has 1 atom stereocenters. The Morgan fingerprint density at radius 1 is 1.05 bits per heavy atom. The molecule has 2 aromatic carbocycles. The molecule has 1 unspecified atom stereocenters. The molecule has 0 aliphatic carbocycles. The molecule has 0 radical (unpaired) electrons. The summed E-state index contributed by atoms with van der Waals surface area (Å²) in [5.74, 6) is 0.842. The number of benzene rings is 2. The molecule has 218 valence electrons. The van der Waals surface area contributed by atoms with Gasteiger partial charge < -0.3 is 14.0 Å². The minimum Gasteiger partial charge on any atom is -0.488 e. The van der Waals surface area contributed by atoms with E-state index in [1.807, 2.05) is 55.7 Å². The highest BCUT2D eigenvalue weighted by Crippen LogP contribution is 2.37. The number of fused-ring (bicyclic) bond motifs is 3. The molecule has 42 heavy (non-hydrogen) atoms. The van der Waals surface area contributed by atoms with E-state index in [4.69, 9.17) is 9.47 Å². The molecular weight excluding hydrogens is 541 g/mol. The lowest BCUT2D eigenvalue weighted by Crippen LogP contribution is -2.29. The second kappa shape index (κ2) is 11.9. The third-order valence-corrected chi connectivity index (χ3v) is 7.83. The van der Waals surface area contributed by atoms with E-state index in [9.17, 15) is 18.0 Å². The minimum absolute atomic E-state index is 0.0392. The number of halogens is 3. The van der Waals surface area contributed by atoms with Crippen LogP contribution in [0.3, 0.4) is 0 Å². The average molecular weight is 575 g/mol. The van der Waals surface area contributed by atoms with Crippen molar-refractivity contribution in [2.24, 2.45) is 5.92 Å². The molecular formula is C34H33F3N2O3. The summed E-state index contributed by atoms with van der Waals surface area (Å²) in [6.45, 7) is 11.1. The van der Waals surface area contributed by atoms with Crippen LogP contribution in [0, 0.1) is 5.92 Å². The van der Waals surface area contributed by atoms with Crippen LogP contribution in [-0.4, -0.2) is 9.55 Å². The van der Waals surface area contributed by atoms with Gasteiger partial charge in [-0.3, -0.25) is 4.79 Å². The number of aromatic nitrogens is 2. The first-order valence-corrected chi connectivity index (χ1v) is 14.1. The number of nitrogens with zero attached hydrogens (tertiary/aromatic N) is 2. The van der Waals surface area contributed by atoms with Gasteiger partial charge in [0.2, 0.25) is 5.88 Å². The van der Waals surface area contributed by atoms with E-state index >= 15 is 0 Å². The smallest absolute Gasteiger partial charge is 0.433 e. The van der Waals surface area contributed by atoms with Crippen molar-refractivity contribution in [2.45, 2.75) is 59.4 Å². The van der Waals surface area contributed by atoms with Gasteiger partial charge in [0.1, 0.15) is 23.8 Å². The zero-order chi connectivity index (χ0) is 30.0. The summed E-state index contributed by atoms with van der Waals surface area (Å²) in [5, 5.41) is 0. The molecule has 0 fully saturated rings. The molecule has 5 nitrogen and oxygen atoms in total. The maximum absolute atomic E-state index is 13.4. The molecule has 1 aliphatic rings. The maximum Gasteiger partial charge on any atom is 0.433 e. The average Bonchev–Trinajstić information content (AvgIpc) is 2.99. The molecule has 2 aromatic heterocycles. The van der Waals surface area contributed by atoms with Gasteiger partial charge in [0.25, 0.3) is 5.56 Å². The maximum atomic E-state index is 13.4. The van der Waals surface area contributed by atoms with Crippen LogP contribution in [0.5, 0.6) is 17.4 Å². The summed E-state index contributed by atoms with van der Waals surface area (Å²) in [7, 11) is 0. The Kier molecular flexibility index (Phi) is 8.25. The van der Waals surface area contributed by atoms with Gasteiger partial charge in [-0.1, -0.05) is 63.7 Å². The van der Waals surface area contributed by atoms with Crippen molar-refractivity contribution in [3.05, 3.63) is 112 Å². The summed E-state index contributed by atoms with van der Waals surface area (Å²) in [6, 6.07) is 19.0. The van der Waals surface area contributed by atoms with Crippen LogP contribution in [0.1, 0.15) is 55.1 Å². The highest BCUT2D eigenvalue weighted by molar-refractivity contribution is 5.71. The Balaban J connectivity index is 1.47. The van der Waals surface area contributed by atoms with E-state index in [1.165, 1.54) is 17.7 Å². The van der Waals surface area contributed by atoms with Crippen LogP contribution in [0.4, 0.5) is 13.2 Å². The first-order valence-electron chi connectivity index (χ1n) is 14.1. The van der Waals surface area contributed by atoms with Gasteiger partial charge in [-0.15, -0.1) is 0 Å². The zero-order valence-electron chi connectivity index (χ0n) is 23.9. The molecule has 5 rings (SSSR count). The first kappa shape index (κ1) is 29.2. The van der Waals surface area contributed by atoms with Crippen molar-refractivity contribution in [1.29, 1.82) is 0 Å². The lowest BCUT2D eigenvalue weighted by Gasteiger charge is -2.24. The van der Waals surface area contributed by atoms with Crippen molar-refractivity contribution in [1.82, 2.24) is 9.55 Å². The van der Waals surface area contributed by atoms with E-state index < -0.39 is 11.9 Å². The Labute approximate surface area is 243 Å². The summed E-state index contributed by atoms with van der Waals surface area (Å²) in [4.78, 5) is 17.1. The molecule has 8 heteroatoms. The molecule has 0 N–H and O–H groups in total. The first-order chi connectivity index (χ1) is 20.1. The number of allylic oxidation sites excluding steroid dienone is 1. The number of aryl methyl sites for hydroxylation is 1. The van der Waals surface area contributed by atoms with E-state index in [2.05, 4.69) is 17.6 Å². The van der Waals surface area contributed by atoms with E-state index in [-0.39, 0.29) is 24.0 Å². The summed E-state index contributed by atoms with van der Waals surface area (Å²) in [5.41, 5.74) is 4.90. The summed E-state index contributed by atoms with van der Waals surface area (Å²) in [6.07, 6.45) is -2.42. The van der Waals surface area contributed by atoms with Crippen molar-refractivity contribution >= 4 is 5.57 Å². The third kappa shape index (κ3) is 5.84. The Hall–Kier alpha value is -4.33. The standard InChI is InChI=1S/C34H33F3N2O3/c1-5-21(3)22(4)27-18-23(14-15-29(27)42-32-13-9-12-31(38-32)34(35,36)37)20-41-30-19-28-26-11-8-7-10-24(26)16-17-39(28)33(40)25(30)6-2/h7-15,18-19,21H,4-6,16-17,20H2,1-3H3. The normalized spacial score (nSPS) is 13.2. The fourth-order valence-corrected chi connectivity index (χ4v) is 5.21. The van der Waals surface area contributed by atoms with Gasteiger partial charge in [0.15, 0.2) is 0 Å². The Morgan fingerprint density at radius 2 is 1.83 bits per heavy atom. The fraction of sp³-hybridized carbons (Fsp3) is 0.294. The number of pyridine rings is 2. The fourth-order valence-electron chi connectivity index (χ4n) is 5.21. The van der Waals surface area contributed by atoms with Crippen molar-refractivity contribution in [3.63, 3.8) is 0 Å². The Bertz CT molecular complexity index is 1690. The molecule has 0 saturated heterocycles. The number of rotatable bonds is 9. The van der Waals surface area contributed by atoms with Gasteiger partial charge in [-0.05, 0) is 60.1 Å². The quantitative estimate of drug-likeness (QED) is 0.201. The van der Waals surface area contributed by atoms with E-state index in [0.717, 1.165) is 41.3 Å². The highest BCUT2D eigenvalue weighted by atomic mass is 19.4. The second-order valence-corrected chi connectivity index (χ2v) is 10.5. The topological polar surface area (TPSA) is 53.4 Å². The highest BCUT2D eigenvalue weighted by Gasteiger charge is 2.33. The molecule has 0 amide bonds. The number of hydrogen-bond acceptors (Lipinski definition) is 4. The molecule has 0 bridgehead atoms. The van der Waals surface area contributed by atoms with Crippen molar-refractivity contribution < 1.29 is 22.6 Å². The Morgan fingerprint density at radius 3 is 2.57 bits per heavy atom. The molecule has 0 spiro atoms. The van der Waals surface area contributed by atoms with Crippen LogP contribution in [-0.2, 0) is 32.2 Å². The summed E-state index contributed by atoms with van der Waals surface area (Å²) >= 11 is 0. The SMILES string of the molecule is C=C(c1cc(COc2cc3n(c(=O)c2CC)CCc2ccccc2-3)ccc1Oc1cccc(C(F)(F)F)n1)C(C)CC. The second-order valence-electron chi connectivity index (χ2n) is 10.5. The zero-order valence-corrected chi connectivity index (χ0v) is 23.9. The van der Waals surface area contributed by atoms with Crippen LogP contribution in [0.25, 0.3) is 16.8 Å². The van der Waals surface area contributed by atoms with Crippen LogP contribution < -0.4 is 15.0 Å². The molecule has 0 saturated carbocycles. The molecule has 4 aromatic rings. The largest absolute Gasteiger partial charge is 0.488 e. The van der Waals surface area contributed by atoms with Gasteiger partial charge in [0.05, 0.1) is 11.3 Å². The number of alkyl halides is 3. The van der Waals surface area contributed by atoms with Crippen molar-refractivity contribution in [2.75, 3.05) is 0 Å². The van der Waals surface area contributed by atoms with Gasteiger partial charge >= 0.3 is 6.18 Å². The predicted octanol–water partition coefficient (Wildman–Crippen LogP) is 8.48. The summed E-state index contributed by atoms with van der Waals surface area (Å²) < 4.78 is 53.7. The lowest BCUT2D eigenvalue weighted by atomic mass is 9.92. The van der Waals surface area contributed by atoms with Crippen LogP contribution in [0.15, 0.2) is 78.1 Å². The molecule has 1 aliphatic heterocycles. The van der Waals surface area contributed by atoms with Gasteiger partial charge in [0, 0.05) is 29.8 Å². The molecule has 3 heterocycles. The van der Waals surface area contributed by atoms with Crippen LogP contribution in [0.2, 0.25) is 0 Å². The lowest BCUT2D eigenvalue weighted by molar-refractivity contribution is -0.141. The number of ether oxygens (including phenoxy) is 2. The van der Waals surface area contributed by atoms with Gasteiger partial charge in [-0.2, -0.15) is 13.2 Å². The number of hydrogen-bond donors (Lipinski definition) is 0. The van der Waals surface area contributed by atoms with Crippen LogP contribution >= 0.6 is 0 Å². The van der Waals surface area contributed by atoms with Gasteiger partial charge in [-0.25, -0.2) is 4.98 Å². The third-order valence-electron chi connectivity index (χ3n) is 7.83. The van der Waals surface area contributed by atoms with Crippen molar-refractivity contribution in [3.8, 4) is 28.6 Å². The van der Waals surface area contributed by atoms with E-state index in [1.54, 1.807) is 12.1 Å². The van der Waals surface area contributed by atoms with E-state index in [0.29, 0.717) is 35.6 Å². The monoisotopic (exact) mass is 574 g/mol.